The van der Waals surface area contributed by atoms with E-state index in [1.54, 1.807) is 12.1 Å². The van der Waals surface area contributed by atoms with Crippen molar-refractivity contribution in [3.05, 3.63) is 77.7 Å². The number of aldehydes is 1. The summed E-state index contributed by atoms with van der Waals surface area (Å²) in [5, 5.41) is 2.77. The van der Waals surface area contributed by atoms with E-state index in [0.717, 1.165) is 29.2 Å². The van der Waals surface area contributed by atoms with Gasteiger partial charge in [0.25, 0.3) is 0 Å². The number of carbonyl (C=O) groups is 2. The zero-order chi connectivity index (χ0) is 23.7. The Kier molecular flexibility index (Phi) is 8.56. The summed E-state index contributed by atoms with van der Waals surface area (Å²) < 4.78 is 13.1. The predicted molar refractivity (Wildman–Crippen MR) is 131 cm³/mol. The second kappa shape index (κ2) is 11.6. The maximum absolute atomic E-state index is 12.2. The molecule has 0 atom stereocenters. The zero-order valence-corrected chi connectivity index (χ0v) is 20.4. The summed E-state index contributed by atoms with van der Waals surface area (Å²) in [6.07, 6.45) is 2.20. The minimum atomic E-state index is -1.18. The normalized spacial score (nSPS) is 11.2. The number of ether oxygens (including phenoxy) is 2. The van der Waals surface area contributed by atoms with Gasteiger partial charge >= 0.3 is 6.09 Å². The molecule has 0 aliphatic rings. The van der Waals surface area contributed by atoms with Crippen molar-refractivity contribution in [2.45, 2.75) is 45.6 Å². The molecule has 0 bridgehead atoms. The van der Waals surface area contributed by atoms with Crippen LogP contribution < -0.4 is 5.32 Å². The molecule has 0 fully saturated rings. The van der Waals surface area contributed by atoms with E-state index in [9.17, 15) is 9.59 Å². The SMILES string of the molecule is C[Si](C)(C)CCOCn1cc(-c2ccc(C=O)cc2)nc1CNC(=O)OCc1ccccc1. The number of hydrogen-bond acceptors (Lipinski definition) is 5. The number of aromatic nitrogens is 2. The van der Waals surface area contributed by atoms with Gasteiger partial charge in [-0.15, -0.1) is 0 Å². The van der Waals surface area contributed by atoms with Crippen molar-refractivity contribution in [2.75, 3.05) is 6.61 Å². The lowest BCUT2D eigenvalue weighted by atomic mass is 10.1. The van der Waals surface area contributed by atoms with Crippen LogP contribution in [0.2, 0.25) is 25.7 Å². The highest BCUT2D eigenvalue weighted by molar-refractivity contribution is 6.76. The first-order chi connectivity index (χ1) is 15.8. The van der Waals surface area contributed by atoms with Crippen LogP contribution in [0.25, 0.3) is 11.3 Å². The number of rotatable bonds is 11. The zero-order valence-electron chi connectivity index (χ0n) is 19.4. The van der Waals surface area contributed by atoms with Gasteiger partial charge in [-0.1, -0.05) is 74.2 Å². The third kappa shape index (κ3) is 8.00. The molecule has 3 aromatic rings. The molecule has 0 unspecified atom stereocenters. The Labute approximate surface area is 195 Å². The summed E-state index contributed by atoms with van der Waals surface area (Å²) in [4.78, 5) is 27.8. The topological polar surface area (TPSA) is 82.5 Å². The smallest absolute Gasteiger partial charge is 0.407 e. The van der Waals surface area contributed by atoms with Crippen LogP contribution in [-0.2, 0) is 29.4 Å². The second-order valence-electron chi connectivity index (χ2n) is 9.02. The van der Waals surface area contributed by atoms with Gasteiger partial charge in [0.15, 0.2) is 0 Å². The molecule has 2 aromatic carbocycles. The fraction of sp³-hybridized carbons (Fsp3) is 0.320. The minimum absolute atomic E-state index is 0.204. The van der Waals surface area contributed by atoms with Gasteiger partial charge in [-0.05, 0) is 11.6 Å². The molecule has 0 spiro atoms. The van der Waals surface area contributed by atoms with Gasteiger partial charge in [0.05, 0.1) is 12.2 Å². The van der Waals surface area contributed by atoms with Crippen LogP contribution in [0.1, 0.15) is 21.7 Å². The summed E-state index contributed by atoms with van der Waals surface area (Å²) >= 11 is 0. The first kappa shape index (κ1) is 24.4. The van der Waals surface area contributed by atoms with Crippen LogP contribution in [0.5, 0.6) is 0 Å². The fourth-order valence-electron chi connectivity index (χ4n) is 3.05. The Bertz CT molecular complexity index is 1040. The summed E-state index contributed by atoms with van der Waals surface area (Å²) in [6, 6.07) is 17.8. The number of amides is 1. The first-order valence-electron chi connectivity index (χ1n) is 11.0. The van der Waals surface area contributed by atoms with Gasteiger partial charge < -0.3 is 19.4 Å². The lowest BCUT2D eigenvalue weighted by Crippen LogP contribution is -2.26. The van der Waals surface area contributed by atoms with E-state index in [1.165, 1.54) is 0 Å². The highest BCUT2D eigenvalue weighted by atomic mass is 28.3. The predicted octanol–water partition coefficient (Wildman–Crippen LogP) is 5.10. The lowest BCUT2D eigenvalue weighted by Gasteiger charge is -2.16. The Morgan fingerprint density at radius 3 is 2.48 bits per heavy atom. The molecule has 33 heavy (non-hydrogen) atoms. The Morgan fingerprint density at radius 2 is 1.82 bits per heavy atom. The molecule has 174 valence electrons. The number of carbonyl (C=O) groups excluding carboxylic acids is 2. The number of hydrogen-bond donors (Lipinski definition) is 1. The summed E-state index contributed by atoms with van der Waals surface area (Å²) in [6.45, 7) is 8.37. The number of benzene rings is 2. The molecule has 0 radical (unpaired) electrons. The van der Waals surface area contributed by atoms with Crippen LogP contribution in [0, 0.1) is 0 Å². The molecule has 0 saturated heterocycles. The molecular formula is C25H31N3O4Si. The quantitative estimate of drug-likeness (QED) is 0.242. The molecule has 3 rings (SSSR count). The highest BCUT2D eigenvalue weighted by Crippen LogP contribution is 2.20. The van der Waals surface area contributed by atoms with Crippen molar-refractivity contribution in [1.29, 1.82) is 0 Å². The molecule has 1 N–H and O–H groups in total. The summed E-state index contributed by atoms with van der Waals surface area (Å²) in [5.74, 6) is 0.661. The van der Waals surface area contributed by atoms with Crippen molar-refractivity contribution < 1.29 is 19.1 Å². The Morgan fingerprint density at radius 1 is 1.09 bits per heavy atom. The molecule has 0 saturated carbocycles. The van der Waals surface area contributed by atoms with Gasteiger partial charge in [0.1, 0.15) is 25.4 Å². The van der Waals surface area contributed by atoms with E-state index in [1.807, 2.05) is 53.2 Å². The van der Waals surface area contributed by atoms with Crippen LogP contribution >= 0.6 is 0 Å². The van der Waals surface area contributed by atoms with Crippen molar-refractivity contribution in [3.63, 3.8) is 0 Å². The van der Waals surface area contributed by atoms with Crippen LogP contribution in [0.4, 0.5) is 4.79 Å². The van der Waals surface area contributed by atoms with Gasteiger partial charge in [0, 0.05) is 32.0 Å². The number of nitrogens with one attached hydrogen (secondary N) is 1. The second-order valence-corrected chi connectivity index (χ2v) is 14.6. The van der Waals surface area contributed by atoms with E-state index in [2.05, 4.69) is 29.9 Å². The van der Waals surface area contributed by atoms with Crippen LogP contribution in [0.15, 0.2) is 60.8 Å². The van der Waals surface area contributed by atoms with Gasteiger partial charge in [-0.25, -0.2) is 9.78 Å². The van der Waals surface area contributed by atoms with Gasteiger partial charge in [-0.3, -0.25) is 4.79 Å². The minimum Gasteiger partial charge on any atom is -0.445 e. The van der Waals surface area contributed by atoms with E-state index in [-0.39, 0.29) is 13.2 Å². The Hall–Kier alpha value is -3.23. The number of imidazole rings is 1. The maximum Gasteiger partial charge on any atom is 0.407 e. The van der Waals surface area contributed by atoms with Crippen molar-refractivity contribution >= 4 is 20.5 Å². The van der Waals surface area contributed by atoms with E-state index >= 15 is 0 Å². The molecule has 0 aliphatic carbocycles. The van der Waals surface area contributed by atoms with E-state index in [4.69, 9.17) is 9.47 Å². The fourth-order valence-corrected chi connectivity index (χ4v) is 3.80. The molecule has 1 heterocycles. The van der Waals surface area contributed by atoms with E-state index < -0.39 is 14.2 Å². The highest BCUT2D eigenvalue weighted by Gasteiger charge is 2.14. The van der Waals surface area contributed by atoms with Gasteiger partial charge in [-0.2, -0.15) is 0 Å². The molecular weight excluding hydrogens is 434 g/mol. The van der Waals surface area contributed by atoms with Crippen molar-refractivity contribution in [2.24, 2.45) is 0 Å². The Balaban J connectivity index is 1.65. The van der Waals surface area contributed by atoms with Gasteiger partial charge in [0.2, 0.25) is 0 Å². The number of nitrogens with zero attached hydrogens (tertiary/aromatic N) is 2. The van der Waals surface area contributed by atoms with Crippen molar-refractivity contribution in [3.8, 4) is 11.3 Å². The first-order valence-corrected chi connectivity index (χ1v) is 14.7. The van der Waals surface area contributed by atoms with Crippen LogP contribution in [0.3, 0.4) is 0 Å². The molecule has 8 heteroatoms. The average Bonchev–Trinajstić information content (AvgIpc) is 3.22. The van der Waals surface area contributed by atoms with Crippen molar-refractivity contribution in [1.82, 2.24) is 14.9 Å². The molecule has 7 nitrogen and oxygen atoms in total. The third-order valence-corrected chi connectivity index (χ3v) is 6.74. The summed E-state index contributed by atoms with van der Waals surface area (Å²) in [5.41, 5.74) is 3.16. The van der Waals surface area contributed by atoms with E-state index in [0.29, 0.717) is 24.7 Å². The maximum atomic E-state index is 12.2. The van der Waals surface area contributed by atoms with Crippen LogP contribution in [-0.4, -0.2) is 36.6 Å². The molecule has 1 amide bonds. The average molecular weight is 466 g/mol. The summed E-state index contributed by atoms with van der Waals surface area (Å²) in [7, 11) is -1.18. The standard InChI is InChI=1S/C25H31N3O4Si/c1-33(2,3)14-13-31-19-28-16-23(22-11-9-20(17-29)10-12-22)27-24(28)15-26-25(30)32-18-21-7-5-4-6-8-21/h4-12,16-17H,13-15,18-19H2,1-3H3,(H,26,30). The molecule has 1 aromatic heterocycles. The lowest BCUT2D eigenvalue weighted by molar-refractivity contribution is 0.0845. The third-order valence-electron chi connectivity index (χ3n) is 5.03. The molecule has 0 aliphatic heterocycles. The monoisotopic (exact) mass is 465 g/mol. The number of alkyl carbamates (subject to hydrolysis) is 1. The largest absolute Gasteiger partial charge is 0.445 e.